The number of carbonyl (C=O) groups excluding carboxylic acids is 1. The predicted octanol–water partition coefficient (Wildman–Crippen LogP) is 3.90. The van der Waals surface area contributed by atoms with E-state index in [0.717, 1.165) is 61.1 Å². The largest absolute Gasteiger partial charge is 0.356 e. The van der Waals surface area contributed by atoms with Crippen LogP contribution in [-0.4, -0.2) is 35.7 Å². The molecule has 1 amide bonds. The van der Waals surface area contributed by atoms with E-state index in [4.69, 9.17) is 0 Å². The Hall–Kier alpha value is -2.15. The lowest BCUT2D eigenvalue weighted by atomic mass is 9.96. The molecule has 1 fully saturated rings. The lowest BCUT2D eigenvalue weighted by molar-refractivity contribution is -0.125. The van der Waals surface area contributed by atoms with Gasteiger partial charge in [0.25, 0.3) is 0 Å². The molecule has 1 aliphatic rings. The van der Waals surface area contributed by atoms with Gasteiger partial charge in [0.1, 0.15) is 10.8 Å². The lowest BCUT2D eigenvalue weighted by Gasteiger charge is -2.31. The van der Waals surface area contributed by atoms with Crippen molar-refractivity contribution >= 4 is 23.5 Å². The second-order valence-corrected chi connectivity index (χ2v) is 7.79. The molecule has 1 aliphatic heterocycles. The van der Waals surface area contributed by atoms with Crippen LogP contribution in [0.5, 0.6) is 0 Å². The van der Waals surface area contributed by atoms with Crippen molar-refractivity contribution in [3.63, 3.8) is 0 Å². The minimum absolute atomic E-state index is 0.0915. The number of halogens is 1. The molecule has 1 aromatic heterocycles. The van der Waals surface area contributed by atoms with Gasteiger partial charge in [0.15, 0.2) is 5.82 Å². The van der Waals surface area contributed by atoms with Crippen LogP contribution in [-0.2, 0) is 4.79 Å². The number of hydrogen-bond acceptors (Lipinski definition) is 5. The minimum Gasteiger partial charge on any atom is -0.356 e. The van der Waals surface area contributed by atoms with Crippen molar-refractivity contribution in [2.75, 3.05) is 24.5 Å². The van der Waals surface area contributed by atoms with E-state index in [-0.39, 0.29) is 17.6 Å². The molecule has 3 rings (SSSR count). The highest BCUT2D eigenvalue weighted by atomic mass is 32.2. The fourth-order valence-corrected chi connectivity index (χ4v) is 3.87. The van der Waals surface area contributed by atoms with Gasteiger partial charge < -0.3 is 10.2 Å². The Kier molecular flexibility index (Phi) is 7.04. The molecule has 0 bridgehead atoms. The number of aromatic nitrogens is 2. The van der Waals surface area contributed by atoms with E-state index < -0.39 is 0 Å². The fourth-order valence-electron chi connectivity index (χ4n) is 3.09. The molecule has 0 spiro atoms. The van der Waals surface area contributed by atoms with Crippen molar-refractivity contribution in [2.45, 2.75) is 42.5 Å². The van der Waals surface area contributed by atoms with Crippen LogP contribution < -0.4 is 10.2 Å². The maximum absolute atomic E-state index is 13.3. The van der Waals surface area contributed by atoms with Gasteiger partial charge in [0.2, 0.25) is 5.91 Å². The number of benzene rings is 1. The van der Waals surface area contributed by atoms with Gasteiger partial charge in [-0.2, -0.15) is 0 Å². The molecule has 0 unspecified atom stereocenters. The summed E-state index contributed by atoms with van der Waals surface area (Å²) in [4.78, 5) is 15.1. The highest BCUT2D eigenvalue weighted by molar-refractivity contribution is 7.99. The van der Waals surface area contributed by atoms with E-state index in [0.29, 0.717) is 0 Å². The second-order valence-electron chi connectivity index (χ2n) is 6.70. The van der Waals surface area contributed by atoms with Crippen molar-refractivity contribution in [3.8, 4) is 0 Å². The van der Waals surface area contributed by atoms with Crippen LogP contribution >= 0.6 is 11.8 Å². The highest BCUT2D eigenvalue weighted by Gasteiger charge is 2.25. The van der Waals surface area contributed by atoms with Gasteiger partial charge >= 0.3 is 0 Å². The van der Waals surface area contributed by atoms with Crippen molar-refractivity contribution in [1.29, 1.82) is 0 Å². The van der Waals surface area contributed by atoms with Gasteiger partial charge in [-0.25, -0.2) is 4.39 Å². The number of anilines is 1. The molecule has 0 radical (unpaired) electrons. The van der Waals surface area contributed by atoms with Crippen LogP contribution in [0, 0.1) is 11.7 Å². The van der Waals surface area contributed by atoms with Crippen molar-refractivity contribution in [1.82, 2.24) is 15.5 Å². The van der Waals surface area contributed by atoms with Crippen LogP contribution in [0.25, 0.3) is 0 Å². The second kappa shape index (κ2) is 9.69. The summed E-state index contributed by atoms with van der Waals surface area (Å²) in [6, 6.07) is 10.3. The maximum atomic E-state index is 13.3. The zero-order valence-electron chi connectivity index (χ0n) is 15.5. The minimum atomic E-state index is -0.258. The quantitative estimate of drug-likeness (QED) is 0.729. The van der Waals surface area contributed by atoms with E-state index in [1.54, 1.807) is 6.07 Å². The molecule has 0 aliphatic carbocycles. The van der Waals surface area contributed by atoms with Gasteiger partial charge in [-0.3, -0.25) is 4.79 Å². The number of piperidine rings is 1. The molecule has 2 aromatic rings. The first-order chi connectivity index (χ1) is 13.2. The SMILES string of the molecule is CCCCNC(=O)C1CCN(c2ccc(Sc3cccc(F)c3)nn2)CC1. The first-order valence-corrected chi connectivity index (χ1v) is 10.3. The number of hydrogen-bond donors (Lipinski definition) is 1. The van der Waals surface area contributed by atoms with Crippen LogP contribution in [0.15, 0.2) is 46.3 Å². The number of nitrogens with zero attached hydrogens (tertiary/aromatic N) is 3. The fraction of sp³-hybridized carbons (Fsp3) is 0.450. The molecule has 1 saturated heterocycles. The Bertz CT molecular complexity index is 748. The monoisotopic (exact) mass is 388 g/mol. The first kappa shape index (κ1) is 19.6. The number of rotatable bonds is 7. The summed E-state index contributed by atoms with van der Waals surface area (Å²) in [5, 5.41) is 12.3. The standard InChI is InChI=1S/C20H25FN4OS/c1-2-3-11-22-20(26)15-9-12-25(13-10-15)18-7-8-19(24-23-18)27-17-6-4-5-16(21)14-17/h4-8,14-15H,2-3,9-13H2,1H3,(H,22,26). The third-order valence-corrected chi connectivity index (χ3v) is 5.58. The summed E-state index contributed by atoms with van der Waals surface area (Å²) in [6.45, 7) is 4.49. The molecule has 5 nitrogen and oxygen atoms in total. The van der Waals surface area contributed by atoms with Crippen LogP contribution in [0.3, 0.4) is 0 Å². The average Bonchev–Trinajstić information content (AvgIpc) is 2.69. The predicted molar refractivity (Wildman–Crippen MR) is 105 cm³/mol. The van der Waals surface area contributed by atoms with E-state index >= 15 is 0 Å². The number of amides is 1. The molecule has 7 heteroatoms. The van der Waals surface area contributed by atoms with Gasteiger partial charge in [-0.15, -0.1) is 10.2 Å². The van der Waals surface area contributed by atoms with Crippen molar-refractivity contribution in [3.05, 3.63) is 42.2 Å². The number of nitrogens with one attached hydrogen (secondary N) is 1. The van der Waals surface area contributed by atoms with Gasteiger partial charge in [0.05, 0.1) is 0 Å². The number of unbranched alkanes of at least 4 members (excludes halogenated alkanes) is 1. The number of carbonyl (C=O) groups is 1. The van der Waals surface area contributed by atoms with Crippen LogP contribution in [0.4, 0.5) is 10.2 Å². The Morgan fingerprint density at radius 1 is 1.26 bits per heavy atom. The maximum Gasteiger partial charge on any atom is 0.223 e. The van der Waals surface area contributed by atoms with Gasteiger partial charge in [-0.05, 0) is 49.6 Å². The normalized spacial score (nSPS) is 15.0. The molecule has 0 atom stereocenters. The smallest absolute Gasteiger partial charge is 0.223 e. The summed E-state index contributed by atoms with van der Waals surface area (Å²) >= 11 is 1.39. The zero-order chi connectivity index (χ0) is 19.1. The topological polar surface area (TPSA) is 58.1 Å². The summed E-state index contributed by atoms with van der Waals surface area (Å²) < 4.78 is 13.3. The molecule has 2 heterocycles. The Morgan fingerprint density at radius 2 is 2.07 bits per heavy atom. The summed E-state index contributed by atoms with van der Waals surface area (Å²) in [5.74, 6) is 0.833. The van der Waals surface area contributed by atoms with Crippen LogP contribution in [0.2, 0.25) is 0 Å². The molecular formula is C20H25FN4OS. The zero-order valence-corrected chi connectivity index (χ0v) is 16.3. The molecule has 1 aromatic carbocycles. The van der Waals surface area contributed by atoms with Gasteiger partial charge in [0, 0.05) is 30.4 Å². The third-order valence-electron chi connectivity index (χ3n) is 4.66. The van der Waals surface area contributed by atoms with E-state index in [2.05, 4.69) is 27.3 Å². The molecule has 27 heavy (non-hydrogen) atoms. The van der Waals surface area contributed by atoms with Crippen molar-refractivity contribution < 1.29 is 9.18 Å². The van der Waals surface area contributed by atoms with Crippen LogP contribution in [0.1, 0.15) is 32.6 Å². The summed E-state index contributed by atoms with van der Waals surface area (Å²) in [5.41, 5.74) is 0. The van der Waals surface area contributed by atoms with E-state index in [1.165, 1.54) is 23.9 Å². The first-order valence-electron chi connectivity index (χ1n) is 9.45. The molecule has 1 N–H and O–H groups in total. The molecular weight excluding hydrogens is 363 g/mol. The van der Waals surface area contributed by atoms with E-state index in [1.807, 2.05) is 18.2 Å². The van der Waals surface area contributed by atoms with Crippen molar-refractivity contribution in [2.24, 2.45) is 5.92 Å². The summed E-state index contributed by atoms with van der Waals surface area (Å²) in [6.07, 6.45) is 3.78. The average molecular weight is 389 g/mol. The Balaban J connectivity index is 1.50. The summed E-state index contributed by atoms with van der Waals surface area (Å²) in [7, 11) is 0. The van der Waals surface area contributed by atoms with E-state index in [9.17, 15) is 9.18 Å². The Morgan fingerprint density at radius 3 is 2.74 bits per heavy atom. The third kappa shape index (κ3) is 5.66. The highest BCUT2D eigenvalue weighted by Crippen LogP contribution is 2.27. The Labute approximate surface area is 163 Å². The lowest BCUT2D eigenvalue weighted by Crippen LogP contribution is -2.41. The molecule has 0 saturated carbocycles. The molecule has 144 valence electrons. The van der Waals surface area contributed by atoms with Gasteiger partial charge in [-0.1, -0.05) is 31.2 Å².